The van der Waals surface area contributed by atoms with Crippen molar-refractivity contribution < 1.29 is 4.42 Å². The van der Waals surface area contributed by atoms with E-state index < -0.39 is 0 Å². The van der Waals surface area contributed by atoms with Crippen molar-refractivity contribution in [3.63, 3.8) is 0 Å². The first-order valence-corrected chi connectivity index (χ1v) is 7.64. The normalized spacial score (nSPS) is 12.3. The molecule has 0 aliphatic heterocycles. The van der Waals surface area contributed by atoms with E-state index in [0.717, 1.165) is 24.1 Å². The van der Waals surface area contributed by atoms with Crippen LogP contribution in [0.2, 0.25) is 0 Å². The van der Waals surface area contributed by atoms with E-state index >= 15 is 0 Å². The van der Waals surface area contributed by atoms with Gasteiger partial charge in [0.2, 0.25) is 0 Å². The van der Waals surface area contributed by atoms with Crippen LogP contribution in [0.4, 0.5) is 0 Å². The van der Waals surface area contributed by atoms with E-state index in [-0.39, 0.29) is 0 Å². The second-order valence-electron chi connectivity index (χ2n) is 6.62. The third kappa shape index (κ3) is 2.96. The number of benzene rings is 2. The third-order valence-corrected chi connectivity index (χ3v) is 4.19. The van der Waals surface area contributed by atoms with Gasteiger partial charge < -0.3 is 9.73 Å². The molecule has 0 spiro atoms. The summed E-state index contributed by atoms with van der Waals surface area (Å²) in [5.74, 6) is 0. The Morgan fingerprint density at radius 3 is 2.57 bits per heavy atom. The largest absolute Gasteiger partial charge is 0.456 e. The van der Waals surface area contributed by atoms with Gasteiger partial charge in [-0.15, -0.1) is 0 Å². The minimum absolute atomic E-state index is 0.322. The van der Waals surface area contributed by atoms with E-state index in [1.807, 2.05) is 19.2 Å². The maximum Gasteiger partial charge on any atom is 0.135 e. The second kappa shape index (κ2) is 5.53. The van der Waals surface area contributed by atoms with Gasteiger partial charge in [-0.25, -0.2) is 0 Å². The van der Waals surface area contributed by atoms with Crippen LogP contribution in [-0.2, 0) is 6.42 Å². The maximum atomic E-state index is 5.88. The van der Waals surface area contributed by atoms with Crippen LogP contribution in [0.3, 0.4) is 0 Å². The van der Waals surface area contributed by atoms with Crippen LogP contribution in [0.15, 0.2) is 46.9 Å². The highest BCUT2D eigenvalue weighted by molar-refractivity contribution is 6.04. The summed E-state index contributed by atoms with van der Waals surface area (Å²) in [5, 5.41) is 5.72. The zero-order chi connectivity index (χ0) is 14.9. The predicted molar refractivity (Wildman–Crippen MR) is 89.7 cm³/mol. The number of fused-ring (bicyclic) bond motifs is 3. The van der Waals surface area contributed by atoms with Crippen LogP contribution in [0.1, 0.15) is 25.8 Å². The average Bonchev–Trinajstić information content (AvgIpc) is 2.83. The molecule has 0 radical (unpaired) electrons. The summed E-state index contributed by atoms with van der Waals surface area (Å²) in [6.07, 6.45) is 2.28. The minimum atomic E-state index is 0.322. The molecule has 0 bridgehead atoms. The van der Waals surface area contributed by atoms with Crippen LogP contribution in [-0.4, -0.2) is 13.6 Å². The molecule has 2 nitrogen and oxygen atoms in total. The fourth-order valence-corrected chi connectivity index (χ4v) is 2.98. The van der Waals surface area contributed by atoms with Crippen molar-refractivity contribution in [2.24, 2.45) is 5.41 Å². The zero-order valence-electron chi connectivity index (χ0n) is 13.1. The van der Waals surface area contributed by atoms with Crippen LogP contribution < -0.4 is 5.32 Å². The standard InChI is InChI=1S/C19H23NO/c1-19(2,13-20-3)11-10-14-8-9-18-16(12-14)15-6-4-5-7-17(15)21-18/h4-9,12,20H,10-11,13H2,1-3H3. The molecule has 0 aliphatic carbocycles. The molecule has 0 atom stereocenters. The Morgan fingerprint density at radius 2 is 1.76 bits per heavy atom. The van der Waals surface area contributed by atoms with Gasteiger partial charge >= 0.3 is 0 Å². The Morgan fingerprint density at radius 1 is 1.00 bits per heavy atom. The van der Waals surface area contributed by atoms with Gasteiger partial charge in [0.25, 0.3) is 0 Å². The van der Waals surface area contributed by atoms with E-state index in [4.69, 9.17) is 4.42 Å². The minimum Gasteiger partial charge on any atom is -0.456 e. The van der Waals surface area contributed by atoms with Gasteiger partial charge in [-0.2, -0.15) is 0 Å². The molecule has 2 heteroatoms. The van der Waals surface area contributed by atoms with Crippen molar-refractivity contribution >= 4 is 21.9 Å². The number of hydrogen-bond acceptors (Lipinski definition) is 2. The van der Waals surface area contributed by atoms with Gasteiger partial charge in [-0.3, -0.25) is 0 Å². The lowest BCUT2D eigenvalue weighted by Crippen LogP contribution is -2.27. The summed E-state index contributed by atoms with van der Waals surface area (Å²) in [6, 6.07) is 14.8. The van der Waals surface area contributed by atoms with Crippen molar-refractivity contribution in [2.75, 3.05) is 13.6 Å². The van der Waals surface area contributed by atoms with E-state index in [2.05, 4.69) is 49.5 Å². The molecule has 1 aromatic heterocycles. The van der Waals surface area contributed by atoms with Crippen molar-refractivity contribution in [2.45, 2.75) is 26.7 Å². The van der Waals surface area contributed by atoms with Crippen LogP contribution in [0.5, 0.6) is 0 Å². The van der Waals surface area contributed by atoms with Crippen molar-refractivity contribution in [3.8, 4) is 0 Å². The summed E-state index contributed by atoms with van der Waals surface area (Å²) in [6.45, 7) is 5.68. The molecule has 0 fully saturated rings. The summed E-state index contributed by atoms with van der Waals surface area (Å²) in [7, 11) is 2.02. The van der Waals surface area contributed by atoms with Gasteiger partial charge in [0.15, 0.2) is 0 Å². The van der Waals surface area contributed by atoms with Crippen molar-refractivity contribution in [3.05, 3.63) is 48.0 Å². The summed E-state index contributed by atoms with van der Waals surface area (Å²) in [4.78, 5) is 0. The number of nitrogens with one attached hydrogen (secondary N) is 1. The molecule has 0 saturated carbocycles. The monoisotopic (exact) mass is 281 g/mol. The van der Waals surface area contributed by atoms with E-state index in [0.29, 0.717) is 5.41 Å². The summed E-state index contributed by atoms with van der Waals surface area (Å²) in [5.41, 5.74) is 3.66. The molecule has 21 heavy (non-hydrogen) atoms. The van der Waals surface area contributed by atoms with Gasteiger partial charge in [-0.05, 0) is 55.6 Å². The lowest BCUT2D eigenvalue weighted by Gasteiger charge is -2.24. The highest BCUT2D eigenvalue weighted by Gasteiger charge is 2.16. The molecule has 0 amide bonds. The molecule has 3 rings (SSSR count). The van der Waals surface area contributed by atoms with Gasteiger partial charge in [0.05, 0.1) is 0 Å². The average molecular weight is 281 g/mol. The topological polar surface area (TPSA) is 25.2 Å². The molecule has 3 aromatic rings. The van der Waals surface area contributed by atoms with Crippen LogP contribution in [0.25, 0.3) is 21.9 Å². The van der Waals surface area contributed by atoms with Gasteiger partial charge in [0, 0.05) is 10.8 Å². The third-order valence-electron chi connectivity index (χ3n) is 4.19. The molecule has 0 saturated heterocycles. The molecular formula is C19H23NO. The first-order valence-electron chi connectivity index (χ1n) is 7.64. The van der Waals surface area contributed by atoms with E-state index in [9.17, 15) is 0 Å². The highest BCUT2D eigenvalue weighted by Crippen LogP contribution is 2.30. The van der Waals surface area contributed by atoms with Crippen molar-refractivity contribution in [1.82, 2.24) is 5.32 Å². The molecule has 0 unspecified atom stereocenters. The molecule has 110 valence electrons. The van der Waals surface area contributed by atoms with Crippen LogP contribution >= 0.6 is 0 Å². The molecule has 1 N–H and O–H groups in total. The number of para-hydroxylation sites is 1. The number of hydrogen-bond donors (Lipinski definition) is 1. The van der Waals surface area contributed by atoms with E-state index in [1.165, 1.54) is 22.8 Å². The molecular weight excluding hydrogens is 258 g/mol. The number of furan rings is 1. The second-order valence-corrected chi connectivity index (χ2v) is 6.62. The lowest BCUT2D eigenvalue weighted by molar-refractivity contribution is 0.324. The van der Waals surface area contributed by atoms with Crippen LogP contribution in [0, 0.1) is 5.41 Å². The smallest absolute Gasteiger partial charge is 0.135 e. The lowest BCUT2D eigenvalue weighted by atomic mass is 9.86. The fourth-order valence-electron chi connectivity index (χ4n) is 2.98. The Bertz CT molecular complexity index is 754. The summed E-state index contributed by atoms with van der Waals surface area (Å²) >= 11 is 0. The SMILES string of the molecule is CNCC(C)(C)CCc1ccc2oc3ccccc3c2c1. The van der Waals surface area contributed by atoms with Crippen molar-refractivity contribution in [1.29, 1.82) is 0 Å². The Hall–Kier alpha value is -1.80. The predicted octanol–water partition coefficient (Wildman–Crippen LogP) is 4.76. The zero-order valence-corrected chi connectivity index (χ0v) is 13.1. The van der Waals surface area contributed by atoms with E-state index in [1.54, 1.807) is 0 Å². The number of rotatable bonds is 5. The molecule has 1 heterocycles. The first-order chi connectivity index (χ1) is 10.1. The van der Waals surface area contributed by atoms with Gasteiger partial charge in [0.1, 0.15) is 11.2 Å². The fraction of sp³-hybridized carbons (Fsp3) is 0.368. The Labute approximate surface area is 126 Å². The Kier molecular flexibility index (Phi) is 3.73. The Balaban J connectivity index is 1.88. The quantitative estimate of drug-likeness (QED) is 0.729. The highest BCUT2D eigenvalue weighted by atomic mass is 16.3. The first kappa shape index (κ1) is 14.2. The van der Waals surface area contributed by atoms with Gasteiger partial charge in [-0.1, -0.05) is 38.1 Å². The molecule has 0 aliphatic rings. The molecule has 2 aromatic carbocycles. The summed E-state index contributed by atoms with van der Waals surface area (Å²) < 4.78 is 5.88. The number of aryl methyl sites for hydroxylation is 1. The maximum absolute atomic E-state index is 5.88.